The maximum absolute atomic E-state index is 10.2. The highest BCUT2D eigenvalue weighted by Gasteiger charge is 2.00. The van der Waals surface area contributed by atoms with Crippen LogP contribution in [0.1, 0.15) is 61.7 Å². The van der Waals surface area contributed by atoms with Crippen LogP contribution in [0.25, 0.3) is 0 Å². The lowest BCUT2D eigenvalue weighted by Gasteiger charge is -2.08. The SMILES string of the molecule is NCCCC(N)CCCO.NCCCC(N)CCCO.O=C(O)c1ccccc1.Oc1ccccc1. The van der Waals surface area contributed by atoms with E-state index in [1.165, 1.54) is 0 Å². The van der Waals surface area contributed by atoms with E-state index in [1.54, 1.807) is 54.6 Å². The summed E-state index contributed by atoms with van der Waals surface area (Å²) in [7, 11) is 0. The first-order valence-corrected chi connectivity index (χ1v) is 12.5. The van der Waals surface area contributed by atoms with Gasteiger partial charge >= 0.3 is 5.97 Å². The van der Waals surface area contributed by atoms with Crippen molar-refractivity contribution in [2.24, 2.45) is 22.9 Å². The molecule has 206 valence electrons. The number of aromatic carboxylic acids is 1. The summed E-state index contributed by atoms with van der Waals surface area (Å²) in [5.41, 5.74) is 22.3. The van der Waals surface area contributed by atoms with E-state index in [-0.39, 0.29) is 25.3 Å². The summed E-state index contributed by atoms with van der Waals surface area (Å²) in [4.78, 5) is 10.2. The highest BCUT2D eigenvalue weighted by molar-refractivity contribution is 5.87. The number of carboxylic acid groups (broad SMARTS) is 1. The number of hydrogen-bond acceptors (Lipinski definition) is 8. The summed E-state index contributed by atoms with van der Waals surface area (Å²) in [6, 6.07) is 17.5. The van der Waals surface area contributed by atoms with Crippen LogP contribution in [0.4, 0.5) is 0 Å². The zero-order valence-electron chi connectivity index (χ0n) is 21.4. The van der Waals surface area contributed by atoms with Crippen molar-refractivity contribution in [3.63, 3.8) is 0 Å². The van der Waals surface area contributed by atoms with Gasteiger partial charge in [0.1, 0.15) is 5.75 Å². The molecule has 2 aromatic carbocycles. The van der Waals surface area contributed by atoms with Gasteiger partial charge in [0.15, 0.2) is 0 Å². The largest absolute Gasteiger partial charge is 0.508 e. The monoisotopic (exact) mass is 508 g/mol. The molecule has 0 aliphatic rings. The first kappa shape index (κ1) is 35.6. The average Bonchev–Trinajstić information content (AvgIpc) is 2.90. The second kappa shape index (κ2) is 27.1. The number of phenolic OH excluding ortho intramolecular Hbond substituents is 1. The van der Waals surface area contributed by atoms with Gasteiger partial charge in [0, 0.05) is 25.3 Å². The number of aliphatic hydroxyl groups excluding tert-OH is 2. The van der Waals surface area contributed by atoms with Gasteiger partial charge in [0.25, 0.3) is 0 Å². The number of aromatic hydroxyl groups is 1. The molecule has 0 saturated carbocycles. The van der Waals surface area contributed by atoms with Gasteiger partial charge in [-0.25, -0.2) is 4.79 Å². The van der Waals surface area contributed by atoms with E-state index >= 15 is 0 Å². The molecule has 0 saturated heterocycles. The van der Waals surface area contributed by atoms with Crippen LogP contribution in [0.2, 0.25) is 0 Å². The minimum Gasteiger partial charge on any atom is -0.508 e. The normalized spacial score (nSPS) is 11.4. The Kier molecular flexibility index (Phi) is 26.8. The summed E-state index contributed by atoms with van der Waals surface area (Å²) in [5, 5.41) is 33.9. The van der Waals surface area contributed by atoms with E-state index in [0.717, 1.165) is 51.4 Å². The number of nitrogens with two attached hydrogens (primary N) is 4. The Labute approximate surface area is 216 Å². The molecule has 2 atom stereocenters. The first-order chi connectivity index (χ1) is 17.3. The summed E-state index contributed by atoms with van der Waals surface area (Å²) in [5.74, 6) is -0.557. The zero-order valence-corrected chi connectivity index (χ0v) is 21.4. The number of phenols is 1. The van der Waals surface area contributed by atoms with Crippen molar-refractivity contribution in [1.82, 2.24) is 0 Å². The highest BCUT2D eigenvalue weighted by atomic mass is 16.4. The van der Waals surface area contributed by atoms with Crippen molar-refractivity contribution < 1.29 is 25.2 Å². The number of rotatable bonds is 13. The predicted octanol–water partition coefficient (Wildman–Crippen LogP) is 2.43. The molecule has 9 nitrogen and oxygen atoms in total. The molecule has 2 rings (SSSR count). The molecule has 36 heavy (non-hydrogen) atoms. The molecule has 0 fully saturated rings. The van der Waals surface area contributed by atoms with Gasteiger partial charge < -0.3 is 43.4 Å². The Morgan fingerprint density at radius 3 is 1.28 bits per heavy atom. The maximum Gasteiger partial charge on any atom is 0.335 e. The summed E-state index contributed by atoms with van der Waals surface area (Å²) in [6.45, 7) is 1.92. The molecule has 12 N–H and O–H groups in total. The topological polar surface area (TPSA) is 202 Å². The molecule has 0 amide bonds. The number of benzene rings is 2. The van der Waals surface area contributed by atoms with Crippen LogP contribution in [0.5, 0.6) is 5.75 Å². The van der Waals surface area contributed by atoms with Crippen LogP contribution in [0.15, 0.2) is 60.7 Å². The lowest BCUT2D eigenvalue weighted by molar-refractivity contribution is 0.0697. The lowest BCUT2D eigenvalue weighted by Crippen LogP contribution is -2.21. The number of carbonyl (C=O) groups is 1. The van der Waals surface area contributed by atoms with Crippen LogP contribution in [-0.4, -0.2) is 64.8 Å². The van der Waals surface area contributed by atoms with Crippen molar-refractivity contribution in [2.75, 3.05) is 26.3 Å². The third-order valence-electron chi connectivity index (χ3n) is 4.80. The van der Waals surface area contributed by atoms with E-state index in [1.807, 2.05) is 6.07 Å². The third-order valence-corrected chi connectivity index (χ3v) is 4.80. The highest BCUT2D eigenvalue weighted by Crippen LogP contribution is 2.03. The van der Waals surface area contributed by atoms with Crippen molar-refractivity contribution in [3.05, 3.63) is 66.2 Å². The molecular formula is C27H48N4O5. The van der Waals surface area contributed by atoms with E-state index in [2.05, 4.69) is 0 Å². The minimum atomic E-state index is -0.879. The fourth-order valence-corrected chi connectivity index (χ4v) is 2.76. The summed E-state index contributed by atoms with van der Waals surface area (Å²) in [6.07, 6.45) is 7.40. The van der Waals surface area contributed by atoms with Gasteiger partial charge in [-0.3, -0.25) is 0 Å². The van der Waals surface area contributed by atoms with E-state index < -0.39 is 5.97 Å². The molecule has 0 spiro atoms. The molecule has 9 heteroatoms. The smallest absolute Gasteiger partial charge is 0.335 e. The van der Waals surface area contributed by atoms with E-state index in [9.17, 15) is 4.79 Å². The maximum atomic E-state index is 10.2. The summed E-state index contributed by atoms with van der Waals surface area (Å²) >= 11 is 0. The van der Waals surface area contributed by atoms with E-state index in [4.69, 9.17) is 43.4 Å². The Morgan fingerprint density at radius 1 is 0.667 bits per heavy atom. The van der Waals surface area contributed by atoms with E-state index in [0.29, 0.717) is 24.4 Å². The number of carboxylic acids is 1. The van der Waals surface area contributed by atoms with Crippen LogP contribution in [0, 0.1) is 0 Å². The summed E-state index contributed by atoms with van der Waals surface area (Å²) < 4.78 is 0. The van der Waals surface area contributed by atoms with Gasteiger partial charge in [-0.2, -0.15) is 0 Å². The Balaban J connectivity index is 0. The van der Waals surface area contributed by atoms with Gasteiger partial charge in [0.2, 0.25) is 0 Å². The fourth-order valence-electron chi connectivity index (χ4n) is 2.76. The Hall–Kier alpha value is -2.53. The van der Waals surface area contributed by atoms with Crippen LogP contribution >= 0.6 is 0 Å². The predicted molar refractivity (Wildman–Crippen MR) is 147 cm³/mol. The quantitative estimate of drug-likeness (QED) is 0.200. The van der Waals surface area contributed by atoms with Crippen LogP contribution in [0.3, 0.4) is 0 Å². The minimum absolute atomic E-state index is 0.232. The molecule has 2 aromatic rings. The third kappa shape index (κ3) is 26.1. The van der Waals surface area contributed by atoms with Gasteiger partial charge in [0.05, 0.1) is 5.56 Å². The van der Waals surface area contributed by atoms with Crippen LogP contribution < -0.4 is 22.9 Å². The molecule has 0 aliphatic carbocycles. The molecule has 0 aromatic heterocycles. The molecule has 0 bridgehead atoms. The lowest BCUT2D eigenvalue weighted by atomic mass is 10.1. The molecule has 0 aliphatic heterocycles. The first-order valence-electron chi connectivity index (χ1n) is 12.5. The number of hydrogen-bond donors (Lipinski definition) is 8. The Morgan fingerprint density at radius 2 is 1.03 bits per heavy atom. The fraction of sp³-hybridized carbons (Fsp3) is 0.519. The van der Waals surface area contributed by atoms with Gasteiger partial charge in [-0.15, -0.1) is 0 Å². The Bertz CT molecular complexity index is 674. The molecule has 0 radical (unpaired) electrons. The number of aliphatic hydroxyl groups is 2. The molecule has 0 heterocycles. The van der Waals surface area contributed by atoms with Crippen molar-refractivity contribution >= 4 is 5.97 Å². The van der Waals surface area contributed by atoms with Crippen molar-refractivity contribution in [3.8, 4) is 5.75 Å². The zero-order chi connectivity index (χ0) is 27.4. The number of para-hydroxylation sites is 1. The average molecular weight is 509 g/mol. The molecule has 2 unspecified atom stereocenters. The van der Waals surface area contributed by atoms with Crippen molar-refractivity contribution in [1.29, 1.82) is 0 Å². The van der Waals surface area contributed by atoms with Crippen LogP contribution in [-0.2, 0) is 0 Å². The standard InChI is InChI=1S/2C7H18N2O.C7H6O2.C6H6O/c2*8-5-1-3-7(9)4-2-6-10;8-7(9)6-4-2-1-3-5-6;7-6-4-2-1-3-5-6/h2*7,10H,1-6,8-9H2;1-5H,(H,8,9);1-5,7H. The van der Waals surface area contributed by atoms with Crippen molar-refractivity contribution in [2.45, 2.75) is 63.5 Å². The van der Waals surface area contributed by atoms with Gasteiger partial charge in [-0.1, -0.05) is 36.4 Å². The second-order valence-electron chi connectivity index (χ2n) is 8.12. The van der Waals surface area contributed by atoms with Gasteiger partial charge in [-0.05, 0) is 88.7 Å². The second-order valence-corrected chi connectivity index (χ2v) is 8.12. The molecular weight excluding hydrogens is 460 g/mol.